The van der Waals surface area contributed by atoms with E-state index in [1.165, 1.54) is 11.0 Å². The van der Waals surface area contributed by atoms with Gasteiger partial charge in [-0.3, -0.25) is 9.59 Å². The van der Waals surface area contributed by atoms with Gasteiger partial charge in [0.15, 0.2) is 5.69 Å². The first kappa shape index (κ1) is 32.1. The number of hydrogen-bond donors (Lipinski definition) is 2. The van der Waals surface area contributed by atoms with Crippen molar-refractivity contribution in [3.05, 3.63) is 76.4 Å². The summed E-state index contributed by atoms with van der Waals surface area (Å²) in [6.45, 7) is 5.87. The Balaban J connectivity index is 1.67. The van der Waals surface area contributed by atoms with E-state index in [9.17, 15) is 22.8 Å². The number of para-hydroxylation sites is 1. The van der Waals surface area contributed by atoms with Crippen LogP contribution in [0.1, 0.15) is 46.7 Å². The third kappa shape index (κ3) is 7.40. The molecule has 1 fully saturated rings. The molecule has 0 radical (unpaired) electrons. The Kier molecular flexibility index (Phi) is 10.5. The first-order valence-corrected chi connectivity index (χ1v) is 14.6. The fourth-order valence-electron chi connectivity index (χ4n) is 5.16. The predicted octanol–water partition coefficient (Wildman–Crippen LogP) is 5.51. The van der Waals surface area contributed by atoms with Crippen LogP contribution in [0.4, 0.5) is 18.9 Å². The van der Waals surface area contributed by atoms with Crippen molar-refractivity contribution in [1.29, 1.82) is 0 Å². The van der Waals surface area contributed by atoms with E-state index in [4.69, 9.17) is 21.3 Å². The summed E-state index contributed by atoms with van der Waals surface area (Å²) in [7, 11) is 1.79. The summed E-state index contributed by atoms with van der Waals surface area (Å²) < 4.78 is 47.0. The van der Waals surface area contributed by atoms with Crippen LogP contribution in [-0.4, -0.2) is 74.1 Å². The molecule has 1 aromatic heterocycles. The molecule has 12 heteroatoms. The Morgan fingerprint density at radius 1 is 1.07 bits per heavy atom. The van der Waals surface area contributed by atoms with Gasteiger partial charge in [0, 0.05) is 49.4 Å². The number of amides is 2. The maximum Gasteiger partial charge on any atom is 0.417 e. The Morgan fingerprint density at radius 2 is 1.84 bits per heavy atom. The topological polar surface area (TPSA) is 86.8 Å². The molecule has 2 N–H and O–H groups in total. The van der Waals surface area contributed by atoms with Crippen LogP contribution in [0.5, 0.6) is 5.75 Å². The second kappa shape index (κ2) is 14.1. The number of hydrogen-bond acceptors (Lipinski definition) is 6. The molecule has 2 heterocycles. The number of aromatic nitrogens is 1. The highest BCUT2D eigenvalue weighted by Crippen LogP contribution is 2.36. The summed E-state index contributed by atoms with van der Waals surface area (Å²) in [4.78, 5) is 35.0. The van der Waals surface area contributed by atoms with Crippen LogP contribution in [0, 0.1) is 0 Å². The van der Waals surface area contributed by atoms with Gasteiger partial charge in [0.2, 0.25) is 0 Å². The zero-order valence-electron chi connectivity index (χ0n) is 24.3. The van der Waals surface area contributed by atoms with E-state index in [0.29, 0.717) is 49.8 Å². The van der Waals surface area contributed by atoms with Gasteiger partial charge in [-0.25, -0.2) is 4.98 Å². The highest BCUT2D eigenvalue weighted by Gasteiger charge is 2.38. The molecule has 8 nitrogen and oxygen atoms in total. The summed E-state index contributed by atoms with van der Waals surface area (Å²) in [5, 5.41) is 5.80. The smallest absolute Gasteiger partial charge is 0.417 e. The first-order chi connectivity index (χ1) is 20.6. The summed E-state index contributed by atoms with van der Waals surface area (Å²) in [6, 6.07) is 14.0. The number of carbonyl (C=O) groups is 2. The number of carbonyl (C=O) groups excluding carboxylic acids is 2. The Labute approximate surface area is 254 Å². The summed E-state index contributed by atoms with van der Waals surface area (Å²) >= 11 is 5.82. The number of benzene rings is 2. The van der Waals surface area contributed by atoms with Crippen molar-refractivity contribution in [3.63, 3.8) is 0 Å². The number of anilines is 1. The molecular weight excluding hydrogens is 583 g/mol. The minimum Gasteiger partial charge on any atom is -0.493 e. The van der Waals surface area contributed by atoms with Crippen LogP contribution in [0.25, 0.3) is 11.3 Å². The molecule has 4 rings (SSSR count). The van der Waals surface area contributed by atoms with Gasteiger partial charge in [0.1, 0.15) is 5.75 Å². The average molecular weight is 618 g/mol. The Hall–Kier alpha value is -3.83. The van der Waals surface area contributed by atoms with Crippen molar-refractivity contribution >= 4 is 29.1 Å². The molecule has 2 aromatic carbocycles. The van der Waals surface area contributed by atoms with E-state index in [1.807, 2.05) is 55.1 Å². The monoisotopic (exact) mass is 617 g/mol. The number of halogens is 4. The van der Waals surface area contributed by atoms with Gasteiger partial charge in [-0.15, -0.1) is 0 Å². The van der Waals surface area contributed by atoms with Gasteiger partial charge in [0.05, 0.1) is 29.1 Å². The molecule has 43 heavy (non-hydrogen) atoms. The van der Waals surface area contributed by atoms with E-state index in [1.54, 1.807) is 7.05 Å². The maximum absolute atomic E-state index is 13.7. The first-order valence-electron chi connectivity index (χ1n) is 14.2. The average Bonchev–Trinajstić information content (AvgIpc) is 3.00. The number of nitrogens with zero attached hydrogens (tertiary/aromatic N) is 3. The number of piperazine rings is 1. The number of rotatable bonds is 10. The lowest BCUT2D eigenvalue weighted by atomic mass is 10.0. The lowest BCUT2D eigenvalue weighted by Gasteiger charge is -2.43. The molecule has 2 amide bonds. The van der Waals surface area contributed by atoms with Crippen LogP contribution < -0.4 is 20.3 Å². The lowest BCUT2D eigenvalue weighted by molar-refractivity contribution is -0.138. The molecule has 230 valence electrons. The van der Waals surface area contributed by atoms with Gasteiger partial charge in [0.25, 0.3) is 11.8 Å². The second-order valence-corrected chi connectivity index (χ2v) is 10.5. The fraction of sp³-hybridized carbons (Fsp3) is 0.387. The number of ether oxygens (including phenoxy) is 1. The minimum absolute atomic E-state index is 0.0968. The molecule has 0 aliphatic carbocycles. The molecular formula is C31H35ClF3N5O3. The third-order valence-corrected chi connectivity index (χ3v) is 7.52. The van der Waals surface area contributed by atoms with Crippen molar-refractivity contribution in [2.45, 2.75) is 32.5 Å². The van der Waals surface area contributed by atoms with Crippen molar-refractivity contribution in [1.82, 2.24) is 20.5 Å². The highest BCUT2D eigenvalue weighted by atomic mass is 35.5. The molecule has 0 unspecified atom stereocenters. The van der Waals surface area contributed by atoms with Crippen LogP contribution in [0.2, 0.25) is 5.02 Å². The highest BCUT2D eigenvalue weighted by molar-refractivity contribution is 6.30. The van der Waals surface area contributed by atoms with Gasteiger partial charge in [-0.05, 0) is 62.9 Å². The Bertz CT molecular complexity index is 1450. The lowest BCUT2D eigenvalue weighted by Crippen LogP contribution is -2.55. The molecule has 3 aromatic rings. The molecule has 0 saturated carbocycles. The van der Waals surface area contributed by atoms with Gasteiger partial charge in [-0.1, -0.05) is 30.7 Å². The summed E-state index contributed by atoms with van der Waals surface area (Å²) in [5.74, 6) is -0.427. The third-order valence-electron chi connectivity index (χ3n) is 7.28. The number of pyridine rings is 1. The summed E-state index contributed by atoms with van der Waals surface area (Å²) in [6.07, 6.45) is -4.15. The SMILES string of the molecule is CCOc1ccccc1-c1ccc(N2CCN(C(=O)c3ccc(Cl)cc3C(F)(F)F)C[C@H]2CC)c(C(=O)NCCNC)n1. The zero-order valence-corrected chi connectivity index (χ0v) is 25.1. The van der Waals surface area contributed by atoms with Gasteiger partial charge < -0.3 is 25.2 Å². The maximum atomic E-state index is 13.7. The van der Waals surface area contributed by atoms with Crippen LogP contribution in [0.15, 0.2) is 54.6 Å². The van der Waals surface area contributed by atoms with E-state index in [0.717, 1.165) is 17.7 Å². The van der Waals surface area contributed by atoms with Crippen molar-refractivity contribution in [3.8, 4) is 17.0 Å². The van der Waals surface area contributed by atoms with Gasteiger partial charge in [-0.2, -0.15) is 13.2 Å². The van der Waals surface area contributed by atoms with Crippen molar-refractivity contribution < 1.29 is 27.5 Å². The zero-order chi connectivity index (χ0) is 31.1. The standard InChI is InChI=1S/C31H35ClF3N5O3/c1-4-21-19-39(30(42)22-11-10-20(32)18-24(22)31(33,34)35)16-17-40(21)26-13-12-25(23-8-6-7-9-27(23)43-5-2)38-28(26)29(41)37-15-14-36-3/h6-13,18,21,36H,4-5,14-17,19H2,1-3H3,(H,37,41)/t21-/m1/s1. The predicted molar refractivity (Wildman–Crippen MR) is 161 cm³/mol. The van der Waals surface area contributed by atoms with Crippen LogP contribution in [-0.2, 0) is 6.18 Å². The van der Waals surface area contributed by atoms with E-state index < -0.39 is 23.2 Å². The normalized spacial score (nSPS) is 15.4. The van der Waals surface area contributed by atoms with Crippen molar-refractivity contribution in [2.75, 3.05) is 51.3 Å². The van der Waals surface area contributed by atoms with E-state index in [2.05, 4.69) is 10.6 Å². The molecule has 1 aliphatic rings. The molecule has 0 bridgehead atoms. The second-order valence-electron chi connectivity index (χ2n) is 10.0. The minimum atomic E-state index is -4.73. The molecule has 1 aliphatic heterocycles. The Morgan fingerprint density at radius 3 is 2.53 bits per heavy atom. The van der Waals surface area contributed by atoms with E-state index >= 15 is 0 Å². The molecule has 1 saturated heterocycles. The largest absolute Gasteiger partial charge is 0.493 e. The molecule has 0 spiro atoms. The van der Waals surface area contributed by atoms with Crippen molar-refractivity contribution in [2.24, 2.45) is 0 Å². The van der Waals surface area contributed by atoms with Crippen LogP contribution in [0.3, 0.4) is 0 Å². The van der Waals surface area contributed by atoms with Crippen LogP contribution >= 0.6 is 11.6 Å². The summed E-state index contributed by atoms with van der Waals surface area (Å²) in [5.41, 5.74) is 0.607. The van der Waals surface area contributed by atoms with Gasteiger partial charge >= 0.3 is 6.18 Å². The number of alkyl halides is 3. The van der Waals surface area contributed by atoms with E-state index in [-0.39, 0.29) is 35.8 Å². The fourth-order valence-corrected chi connectivity index (χ4v) is 5.33. The number of likely N-dealkylation sites (N-methyl/N-ethyl adjacent to an activating group) is 1. The quantitative estimate of drug-likeness (QED) is 0.292. The number of nitrogens with one attached hydrogen (secondary N) is 2. The molecule has 1 atom stereocenters.